The van der Waals surface area contributed by atoms with Gasteiger partial charge < -0.3 is 20.5 Å². The van der Waals surface area contributed by atoms with Gasteiger partial charge in [0.05, 0.1) is 12.1 Å². The zero-order valence-electron chi connectivity index (χ0n) is 12.7. The number of nitrogens with zero attached hydrogens (tertiary/aromatic N) is 3. The number of hydrogen-bond acceptors (Lipinski definition) is 7. The molecule has 24 heavy (non-hydrogen) atoms. The van der Waals surface area contributed by atoms with E-state index in [1.807, 2.05) is 0 Å². The molecule has 0 spiro atoms. The maximum absolute atomic E-state index is 6.07. The van der Waals surface area contributed by atoms with Crippen LogP contribution in [0.15, 0.2) is 48.9 Å². The van der Waals surface area contributed by atoms with E-state index in [4.69, 9.17) is 26.8 Å². The molecule has 0 fully saturated rings. The van der Waals surface area contributed by atoms with Gasteiger partial charge in [-0.2, -0.15) is 4.98 Å². The van der Waals surface area contributed by atoms with E-state index in [1.54, 1.807) is 43.5 Å². The summed E-state index contributed by atoms with van der Waals surface area (Å²) >= 11 is 5.81. The number of halogens is 1. The molecule has 122 valence electrons. The minimum atomic E-state index is 0.242. The highest BCUT2D eigenvalue weighted by Gasteiger charge is 2.11. The van der Waals surface area contributed by atoms with Crippen molar-refractivity contribution in [3.8, 4) is 17.4 Å². The first-order valence-electron chi connectivity index (χ1n) is 6.96. The van der Waals surface area contributed by atoms with Crippen LogP contribution >= 0.6 is 11.6 Å². The molecule has 0 aliphatic heterocycles. The van der Waals surface area contributed by atoms with Gasteiger partial charge >= 0.3 is 0 Å². The predicted octanol–water partition coefficient (Wildman–Crippen LogP) is 3.65. The molecule has 3 N–H and O–H groups in total. The van der Waals surface area contributed by atoms with Crippen molar-refractivity contribution in [3.05, 3.63) is 53.9 Å². The van der Waals surface area contributed by atoms with Crippen molar-refractivity contribution in [2.24, 2.45) is 0 Å². The van der Waals surface area contributed by atoms with E-state index in [0.717, 1.165) is 5.75 Å². The molecule has 2 heterocycles. The monoisotopic (exact) mass is 343 g/mol. The van der Waals surface area contributed by atoms with Crippen LogP contribution in [-0.4, -0.2) is 22.1 Å². The fourth-order valence-corrected chi connectivity index (χ4v) is 2.00. The highest BCUT2D eigenvalue weighted by Crippen LogP contribution is 2.31. The molecule has 7 nitrogen and oxygen atoms in total. The summed E-state index contributed by atoms with van der Waals surface area (Å²) in [6, 6.07) is 10.5. The number of nitrogens with one attached hydrogen (secondary N) is 1. The lowest BCUT2D eigenvalue weighted by Gasteiger charge is -2.11. The van der Waals surface area contributed by atoms with Crippen LogP contribution in [0.1, 0.15) is 0 Å². The molecule has 0 amide bonds. The Morgan fingerprint density at radius 2 is 1.75 bits per heavy atom. The van der Waals surface area contributed by atoms with Gasteiger partial charge in [0.1, 0.15) is 29.3 Å². The van der Waals surface area contributed by atoms with Crippen LogP contribution in [0.4, 0.5) is 17.3 Å². The number of hydrogen-bond donors (Lipinski definition) is 2. The van der Waals surface area contributed by atoms with Crippen LogP contribution in [-0.2, 0) is 0 Å². The molecule has 1 aromatic carbocycles. The number of rotatable bonds is 5. The van der Waals surface area contributed by atoms with Crippen LogP contribution in [0.2, 0.25) is 5.02 Å². The van der Waals surface area contributed by atoms with Crippen LogP contribution in [0.3, 0.4) is 0 Å². The van der Waals surface area contributed by atoms with Crippen molar-refractivity contribution in [3.63, 3.8) is 0 Å². The van der Waals surface area contributed by atoms with Crippen LogP contribution < -0.4 is 20.5 Å². The number of nitrogens with two attached hydrogens (primary N) is 1. The summed E-state index contributed by atoms with van der Waals surface area (Å²) in [6.07, 6.45) is 2.88. The van der Waals surface area contributed by atoms with Crippen molar-refractivity contribution < 1.29 is 9.47 Å². The maximum atomic E-state index is 6.07. The third-order valence-electron chi connectivity index (χ3n) is 3.10. The zero-order valence-corrected chi connectivity index (χ0v) is 13.5. The Bertz CT molecular complexity index is 825. The van der Waals surface area contributed by atoms with Crippen molar-refractivity contribution in [1.82, 2.24) is 15.0 Å². The molecule has 0 aliphatic carbocycles. The van der Waals surface area contributed by atoms with Gasteiger partial charge in [0.15, 0.2) is 5.82 Å². The SMILES string of the molecule is COc1ccc(Oc2ncnc(Nc3ccc(Cl)cn3)c2N)cc1. The fourth-order valence-electron chi connectivity index (χ4n) is 1.89. The van der Waals surface area contributed by atoms with E-state index in [1.165, 1.54) is 12.5 Å². The second-order valence-corrected chi connectivity index (χ2v) is 5.14. The lowest BCUT2D eigenvalue weighted by Crippen LogP contribution is -2.03. The summed E-state index contributed by atoms with van der Waals surface area (Å²) in [5.74, 6) is 2.50. The summed E-state index contributed by atoms with van der Waals surface area (Å²) in [7, 11) is 1.60. The van der Waals surface area contributed by atoms with E-state index in [-0.39, 0.29) is 11.6 Å². The van der Waals surface area contributed by atoms with E-state index >= 15 is 0 Å². The number of nitrogen functional groups attached to an aromatic ring is 1. The van der Waals surface area contributed by atoms with Gasteiger partial charge in [-0.25, -0.2) is 9.97 Å². The number of benzene rings is 1. The van der Waals surface area contributed by atoms with Gasteiger partial charge in [0.2, 0.25) is 5.88 Å². The van der Waals surface area contributed by atoms with Gasteiger partial charge in [-0.1, -0.05) is 11.6 Å². The third-order valence-corrected chi connectivity index (χ3v) is 3.32. The molecule has 3 aromatic rings. The lowest BCUT2D eigenvalue weighted by atomic mass is 10.3. The molecule has 0 atom stereocenters. The summed E-state index contributed by atoms with van der Waals surface area (Å²) in [5.41, 5.74) is 6.34. The molecular weight excluding hydrogens is 330 g/mol. The average Bonchev–Trinajstić information content (AvgIpc) is 2.61. The Labute approximate surface area is 143 Å². The van der Waals surface area contributed by atoms with Gasteiger partial charge in [-0.15, -0.1) is 0 Å². The summed E-state index contributed by atoms with van der Waals surface area (Å²) < 4.78 is 10.8. The van der Waals surface area contributed by atoms with Crippen molar-refractivity contribution in [2.75, 3.05) is 18.2 Å². The highest BCUT2D eigenvalue weighted by atomic mass is 35.5. The first-order chi connectivity index (χ1) is 11.7. The smallest absolute Gasteiger partial charge is 0.248 e. The standard InChI is InChI=1S/C16H14ClN5O2/c1-23-11-3-5-12(6-4-11)24-16-14(18)15(20-9-21-16)22-13-7-2-10(17)8-19-13/h2-9H,18H2,1H3,(H,19,20,21,22). The normalized spacial score (nSPS) is 10.2. The summed E-state index contributed by atoms with van der Waals surface area (Å²) in [6.45, 7) is 0. The molecule has 0 aliphatic rings. The number of ether oxygens (including phenoxy) is 2. The van der Waals surface area contributed by atoms with Gasteiger partial charge in [0.25, 0.3) is 0 Å². The van der Waals surface area contributed by atoms with E-state index < -0.39 is 0 Å². The number of pyridine rings is 1. The first kappa shape index (κ1) is 15.8. The molecule has 3 rings (SSSR count). The zero-order chi connectivity index (χ0) is 16.9. The Morgan fingerprint density at radius 1 is 1.00 bits per heavy atom. The van der Waals surface area contributed by atoms with Crippen LogP contribution in [0, 0.1) is 0 Å². The van der Waals surface area contributed by atoms with E-state index in [0.29, 0.717) is 22.4 Å². The molecule has 0 radical (unpaired) electrons. The summed E-state index contributed by atoms with van der Waals surface area (Å²) in [4.78, 5) is 12.3. The first-order valence-corrected chi connectivity index (χ1v) is 7.34. The Balaban J connectivity index is 1.80. The fraction of sp³-hybridized carbons (Fsp3) is 0.0625. The molecular formula is C16H14ClN5O2. The third kappa shape index (κ3) is 3.64. The van der Waals surface area contributed by atoms with E-state index in [9.17, 15) is 0 Å². The molecule has 0 saturated carbocycles. The Hall–Kier alpha value is -3.06. The molecule has 0 unspecified atom stereocenters. The molecule has 0 saturated heterocycles. The van der Waals surface area contributed by atoms with Crippen molar-refractivity contribution in [1.29, 1.82) is 0 Å². The second-order valence-electron chi connectivity index (χ2n) is 4.71. The quantitative estimate of drug-likeness (QED) is 0.730. The number of aromatic nitrogens is 3. The Morgan fingerprint density at radius 3 is 2.42 bits per heavy atom. The maximum Gasteiger partial charge on any atom is 0.248 e. The molecule has 8 heteroatoms. The summed E-state index contributed by atoms with van der Waals surface area (Å²) in [5, 5.41) is 3.54. The van der Waals surface area contributed by atoms with Crippen LogP contribution in [0.25, 0.3) is 0 Å². The topological polar surface area (TPSA) is 95.2 Å². The van der Waals surface area contributed by atoms with Gasteiger partial charge in [0, 0.05) is 6.20 Å². The van der Waals surface area contributed by atoms with Crippen LogP contribution in [0.5, 0.6) is 17.4 Å². The average molecular weight is 344 g/mol. The van der Waals surface area contributed by atoms with Crippen molar-refractivity contribution in [2.45, 2.75) is 0 Å². The minimum absolute atomic E-state index is 0.242. The van der Waals surface area contributed by atoms with Gasteiger partial charge in [-0.3, -0.25) is 0 Å². The Kier molecular flexibility index (Phi) is 4.62. The molecule has 2 aromatic heterocycles. The second kappa shape index (κ2) is 7.01. The van der Waals surface area contributed by atoms with Crippen molar-refractivity contribution >= 4 is 28.9 Å². The number of anilines is 3. The van der Waals surface area contributed by atoms with E-state index in [2.05, 4.69) is 20.3 Å². The molecule has 0 bridgehead atoms. The number of methoxy groups -OCH3 is 1. The largest absolute Gasteiger partial charge is 0.497 e. The predicted molar refractivity (Wildman–Crippen MR) is 92.0 cm³/mol. The minimum Gasteiger partial charge on any atom is -0.497 e. The van der Waals surface area contributed by atoms with Gasteiger partial charge in [-0.05, 0) is 36.4 Å². The highest BCUT2D eigenvalue weighted by molar-refractivity contribution is 6.30. The lowest BCUT2D eigenvalue weighted by molar-refractivity contribution is 0.412.